The van der Waals surface area contributed by atoms with Crippen LogP contribution in [0.1, 0.15) is 0 Å². The molecule has 0 aliphatic rings. The maximum absolute atomic E-state index is 11.7. The molecule has 0 spiro atoms. The monoisotopic (exact) mass is 184 g/mol. The fourth-order valence-corrected chi connectivity index (χ4v) is 0.834. The fraction of sp³-hybridized carbons (Fsp3) is 0.750. The summed E-state index contributed by atoms with van der Waals surface area (Å²) in [6.45, 7) is -0.416. The van der Waals surface area contributed by atoms with Crippen LogP contribution in [-0.2, 0) is 10.1 Å². The molecule has 0 fully saturated rings. The molecule has 0 saturated heterocycles. The fourth-order valence-electron chi connectivity index (χ4n) is 0.337. The van der Waals surface area contributed by atoms with Crippen molar-refractivity contribution in [2.45, 2.75) is 0 Å². The van der Waals surface area contributed by atoms with Crippen molar-refractivity contribution in [1.82, 2.24) is 4.90 Å². The van der Waals surface area contributed by atoms with Gasteiger partial charge in [0.1, 0.15) is 0 Å². The molecule has 0 aromatic heterocycles. The number of hydrogen-bond acceptors (Lipinski definition) is 4. The van der Waals surface area contributed by atoms with Crippen molar-refractivity contribution >= 4 is 16.3 Å². The van der Waals surface area contributed by atoms with Crippen molar-refractivity contribution in [3.05, 3.63) is 0 Å². The van der Waals surface area contributed by atoms with Gasteiger partial charge in [-0.3, -0.25) is 0 Å². The standard InChI is InChI=1S/C4H8FNO4S/c1-6(4(5)7)2-3-11(8,9)10/h2-3H2,1H3,(H,8,9,10)/p-1. The summed E-state index contributed by atoms with van der Waals surface area (Å²) in [7, 11) is -3.30. The Kier molecular flexibility index (Phi) is 3.40. The lowest BCUT2D eigenvalue weighted by molar-refractivity contribution is 0.188. The molecule has 0 aliphatic carbocycles. The second kappa shape index (κ2) is 3.63. The molecule has 0 bridgehead atoms. The summed E-state index contributed by atoms with van der Waals surface area (Å²) in [6.07, 6.45) is -1.76. The number of halogens is 1. The second-order valence-corrected chi connectivity index (χ2v) is 3.46. The first-order chi connectivity index (χ1) is 4.83. The van der Waals surface area contributed by atoms with Gasteiger partial charge in [0.25, 0.3) is 0 Å². The van der Waals surface area contributed by atoms with E-state index in [1.165, 1.54) is 0 Å². The lowest BCUT2D eigenvalue weighted by Crippen LogP contribution is -2.27. The van der Waals surface area contributed by atoms with E-state index in [-0.39, 0.29) is 0 Å². The van der Waals surface area contributed by atoms with Crippen LogP contribution in [0, 0.1) is 0 Å². The van der Waals surface area contributed by atoms with Gasteiger partial charge < -0.3 is 9.45 Å². The van der Waals surface area contributed by atoms with Gasteiger partial charge in [-0.05, 0) is 0 Å². The van der Waals surface area contributed by atoms with Crippen molar-refractivity contribution in [2.24, 2.45) is 0 Å². The van der Waals surface area contributed by atoms with E-state index < -0.39 is 28.6 Å². The first-order valence-corrected chi connectivity index (χ1v) is 4.25. The zero-order valence-electron chi connectivity index (χ0n) is 5.78. The number of hydrogen-bond donors (Lipinski definition) is 0. The van der Waals surface area contributed by atoms with Gasteiger partial charge in [-0.2, -0.15) is 0 Å². The average molecular weight is 184 g/mol. The van der Waals surface area contributed by atoms with E-state index in [1.807, 2.05) is 0 Å². The molecule has 5 nitrogen and oxygen atoms in total. The summed E-state index contributed by atoms with van der Waals surface area (Å²) in [5.74, 6) is -0.765. The van der Waals surface area contributed by atoms with E-state index in [4.69, 9.17) is 0 Å². The van der Waals surface area contributed by atoms with E-state index in [2.05, 4.69) is 0 Å². The molecule has 11 heavy (non-hydrogen) atoms. The van der Waals surface area contributed by atoms with Gasteiger partial charge >= 0.3 is 6.16 Å². The van der Waals surface area contributed by atoms with Gasteiger partial charge in [0.05, 0.1) is 15.9 Å². The van der Waals surface area contributed by atoms with Gasteiger partial charge in [0.2, 0.25) is 0 Å². The van der Waals surface area contributed by atoms with Crippen LogP contribution in [0.5, 0.6) is 0 Å². The molecule has 0 aromatic carbocycles. The number of carbonyl (C=O) groups is 1. The molecule has 0 radical (unpaired) electrons. The molecule has 0 N–H and O–H groups in total. The SMILES string of the molecule is CN(CCS(=O)(=O)[O-])C(=O)F. The third-order valence-electron chi connectivity index (χ3n) is 0.977. The van der Waals surface area contributed by atoms with E-state index in [9.17, 15) is 22.2 Å². The Hall–Kier alpha value is -0.690. The second-order valence-electron chi connectivity index (χ2n) is 1.94. The van der Waals surface area contributed by atoms with E-state index in [0.717, 1.165) is 7.05 Å². The Morgan fingerprint density at radius 3 is 2.36 bits per heavy atom. The Labute approximate surface area is 63.5 Å². The quantitative estimate of drug-likeness (QED) is 0.338. The largest absolute Gasteiger partial charge is 0.748 e. The van der Waals surface area contributed by atoms with Crippen LogP contribution in [0.3, 0.4) is 0 Å². The first kappa shape index (κ1) is 10.3. The van der Waals surface area contributed by atoms with Crippen LogP contribution in [0.25, 0.3) is 0 Å². The molecule has 1 amide bonds. The Morgan fingerprint density at radius 1 is 1.64 bits per heavy atom. The van der Waals surface area contributed by atoms with E-state index in [0.29, 0.717) is 4.90 Å². The normalized spacial score (nSPS) is 11.2. The molecule has 66 valence electrons. The zero-order chi connectivity index (χ0) is 9.07. The van der Waals surface area contributed by atoms with Crippen molar-refractivity contribution < 1.29 is 22.2 Å². The average Bonchev–Trinajstić information content (AvgIpc) is 1.80. The first-order valence-electron chi connectivity index (χ1n) is 2.67. The summed E-state index contributed by atoms with van der Waals surface area (Å²) in [5, 5.41) is 0. The molecule has 0 heterocycles. The molecule has 7 heteroatoms. The van der Waals surface area contributed by atoms with Crippen LogP contribution in [-0.4, -0.2) is 43.4 Å². The Balaban J connectivity index is 3.82. The van der Waals surface area contributed by atoms with Crippen molar-refractivity contribution in [2.75, 3.05) is 19.3 Å². The summed E-state index contributed by atoms with van der Waals surface area (Å²) in [4.78, 5) is 10.3. The highest BCUT2D eigenvalue weighted by Gasteiger charge is 2.06. The van der Waals surface area contributed by atoms with Gasteiger partial charge in [0, 0.05) is 13.6 Å². The molecule has 0 saturated carbocycles. The summed E-state index contributed by atoms with van der Waals surface area (Å²) >= 11 is 0. The van der Waals surface area contributed by atoms with E-state index >= 15 is 0 Å². The molecule has 0 aromatic rings. The third kappa shape index (κ3) is 5.74. The van der Waals surface area contributed by atoms with Gasteiger partial charge in [-0.15, -0.1) is 4.39 Å². The topological polar surface area (TPSA) is 77.5 Å². The van der Waals surface area contributed by atoms with Crippen LogP contribution in [0.15, 0.2) is 0 Å². The molecular formula is C4H7FNO4S-. The Bertz CT molecular complexity index is 236. The highest BCUT2D eigenvalue weighted by Crippen LogP contribution is 1.90. The van der Waals surface area contributed by atoms with Crippen molar-refractivity contribution in [3.63, 3.8) is 0 Å². The highest BCUT2D eigenvalue weighted by atomic mass is 32.2. The van der Waals surface area contributed by atoms with E-state index in [1.54, 1.807) is 0 Å². The lowest BCUT2D eigenvalue weighted by atomic mass is 10.7. The van der Waals surface area contributed by atoms with Crippen LogP contribution >= 0.6 is 0 Å². The number of nitrogens with zero attached hydrogens (tertiary/aromatic N) is 1. The maximum atomic E-state index is 11.7. The third-order valence-corrected chi connectivity index (χ3v) is 1.66. The summed E-state index contributed by atoms with van der Waals surface area (Å²) < 4.78 is 41.5. The van der Waals surface area contributed by atoms with Crippen molar-refractivity contribution in [3.8, 4) is 0 Å². The summed E-state index contributed by atoms with van der Waals surface area (Å²) in [5.41, 5.74) is 0. The smallest absolute Gasteiger partial charge is 0.399 e. The molecule has 0 rings (SSSR count). The lowest BCUT2D eigenvalue weighted by Gasteiger charge is -2.13. The number of rotatable bonds is 3. The predicted molar refractivity (Wildman–Crippen MR) is 33.7 cm³/mol. The molecular weight excluding hydrogens is 177 g/mol. The minimum atomic E-state index is -4.36. The van der Waals surface area contributed by atoms with Gasteiger partial charge in [0.15, 0.2) is 0 Å². The van der Waals surface area contributed by atoms with Crippen LogP contribution < -0.4 is 0 Å². The van der Waals surface area contributed by atoms with Crippen molar-refractivity contribution in [1.29, 1.82) is 0 Å². The number of carbonyl (C=O) groups excluding carboxylic acids is 1. The van der Waals surface area contributed by atoms with Crippen LogP contribution in [0.4, 0.5) is 9.18 Å². The molecule has 0 atom stereocenters. The highest BCUT2D eigenvalue weighted by molar-refractivity contribution is 7.85. The predicted octanol–water partition coefficient (Wildman–Crippen LogP) is -0.447. The van der Waals surface area contributed by atoms with Crippen LogP contribution in [0.2, 0.25) is 0 Å². The summed E-state index contributed by atoms with van der Waals surface area (Å²) in [6, 6.07) is 0. The minimum Gasteiger partial charge on any atom is -0.748 e. The molecule has 0 unspecified atom stereocenters. The zero-order valence-corrected chi connectivity index (χ0v) is 6.60. The number of amides is 1. The van der Waals surface area contributed by atoms with Gasteiger partial charge in [-0.25, -0.2) is 13.2 Å². The Morgan fingerprint density at radius 2 is 2.09 bits per heavy atom. The molecule has 0 aliphatic heterocycles. The minimum absolute atomic E-state index is 0.416. The van der Waals surface area contributed by atoms with Gasteiger partial charge in [-0.1, -0.05) is 0 Å². The maximum Gasteiger partial charge on any atom is 0.399 e.